The molecule has 0 radical (unpaired) electrons. The third-order valence-corrected chi connectivity index (χ3v) is 2.84. The number of halogens is 2. The van der Waals surface area contributed by atoms with Gasteiger partial charge in [-0.25, -0.2) is 9.13 Å². The average molecular weight is 361 g/mol. The van der Waals surface area contributed by atoms with Gasteiger partial charge in [0.1, 0.15) is 12.4 Å². The average Bonchev–Trinajstić information content (AvgIpc) is 2.65. The first-order chi connectivity index (χ1) is 7.65. The van der Waals surface area contributed by atoms with Gasteiger partial charge in [0.05, 0.1) is 7.05 Å². The van der Waals surface area contributed by atoms with Crippen LogP contribution >= 0.6 is 32.9 Å². The van der Waals surface area contributed by atoms with E-state index < -0.39 is 0 Å². The van der Waals surface area contributed by atoms with Gasteiger partial charge in [0.2, 0.25) is 12.1 Å². The summed E-state index contributed by atoms with van der Waals surface area (Å²) in [5, 5.41) is 0. The number of carbonyl (C=O) groups is 1. The van der Waals surface area contributed by atoms with E-state index in [1.165, 1.54) is 0 Å². The molecule has 0 amide bonds. The molecule has 5 heteroatoms. The fourth-order valence-corrected chi connectivity index (χ4v) is 1.75. The van der Waals surface area contributed by atoms with Crippen LogP contribution in [0.1, 0.15) is 10.4 Å². The fourth-order valence-electron chi connectivity index (χ4n) is 1.49. The Bertz CT molecular complexity index is 505. The first-order valence-electron chi connectivity index (χ1n) is 4.95. The largest absolute Gasteiger partial charge is 0.290 e. The molecule has 0 saturated heterocycles. The quantitative estimate of drug-likeness (QED) is 0.610. The van der Waals surface area contributed by atoms with Crippen molar-refractivity contribution in [2.75, 3.05) is 0 Å². The Labute approximate surface area is 119 Å². The molecule has 0 unspecified atom stereocenters. The Morgan fingerprint density at radius 3 is 2.53 bits per heavy atom. The van der Waals surface area contributed by atoms with Crippen LogP contribution in [0.3, 0.4) is 0 Å². The van der Waals surface area contributed by atoms with Gasteiger partial charge in [0.25, 0.3) is 0 Å². The summed E-state index contributed by atoms with van der Waals surface area (Å²) in [6.07, 6.45) is 5.68. The Hall–Kier alpha value is -0.940. The van der Waals surface area contributed by atoms with E-state index in [0.29, 0.717) is 6.54 Å². The van der Waals surface area contributed by atoms with E-state index in [2.05, 4.69) is 15.9 Å². The monoisotopic (exact) mass is 359 g/mol. The molecule has 0 aliphatic carbocycles. The summed E-state index contributed by atoms with van der Waals surface area (Å²) in [5.74, 6) is 0.115. The number of rotatable bonds is 3. The lowest BCUT2D eigenvalue weighted by Gasteiger charge is -1.98. The summed E-state index contributed by atoms with van der Waals surface area (Å²) >= 11 is 3.34. The zero-order chi connectivity index (χ0) is 11.5. The van der Waals surface area contributed by atoms with E-state index in [4.69, 9.17) is 0 Å². The van der Waals surface area contributed by atoms with Gasteiger partial charge in [-0.15, -0.1) is 17.0 Å². The summed E-state index contributed by atoms with van der Waals surface area (Å²) in [7, 11) is 1.93. The van der Waals surface area contributed by atoms with Gasteiger partial charge >= 0.3 is 0 Å². The van der Waals surface area contributed by atoms with Crippen LogP contribution in [0.15, 0.2) is 47.5 Å². The van der Waals surface area contributed by atoms with E-state index in [9.17, 15) is 4.79 Å². The van der Waals surface area contributed by atoms with E-state index in [1.807, 2.05) is 59.2 Å². The van der Waals surface area contributed by atoms with Crippen molar-refractivity contribution in [3.8, 4) is 0 Å². The van der Waals surface area contributed by atoms with E-state index in [0.717, 1.165) is 10.0 Å². The number of aryl methyl sites for hydroxylation is 1. The van der Waals surface area contributed by atoms with Crippen LogP contribution in [0.5, 0.6) is 0 Å². The number of imidazole rings is 1. The molecule has 0 fully saturated rings. The maximum atomic E-state index is 11.9. The van der Waals surface area contributed by atoms with Gasteiger partial charge in [-0.3, -0.25) is 4.79 Å². The summed E-state index contributed by atoms with van der Waals surface area (Å²) in [4.78, 5) is 11.9. The molecular formula is C12H13Br2N2O+. The molecule has 1 aromatic heterocycles. The van der Waals surface area contributed by atoms with Crippen molar-refractivity contribution in [3.63, 3.8) is 0 Å². The highest BCUT2D eigenvalue weighted by molar-refractivity contribution is 9.10. The van der Waals surface area contributed by atoms with E-state index in [-0.39, 0.29) is 22.8 Å². The van der Waals surface area contributed by atoms with Crippen molar-refractivity contribution in [3.05, 3.63) is 53.0 Å². The minimum Gasteiger partial charge on any atom is -0.290 e. The maximum Gasteiger partial charge on any atom is 0.243 e. The van der Waals surface area contributed by atoms with Crippen LogP contribution < -0.4 is 4.57 Å². The SMILES string of the molecule is Br.C[n+]1ccn(CC(=O)c2ccc(Br)cc2)c1. The molecule has 0 aliphatic heterocycles. The van der Waals surface area contributed by atoms with Crippen LogP contribution in [-0.4, -0.2) is 10.4 Å². The van der Waals surface area contributed by atoms with Crippen molar-refractivity contribution in [2.45, 2.75) is 6.54 Å². The summed E-state index contributed by atoms with van der Waals surface area (Å²) < 4.78 is 4.76. The number of ketones is 1. The molecule has 0 aliphatic rings. The number of hydrogen-bond acceptors (Lipinski definition) is 1. The fraction of sp³-hybridized carbons (Fsp3) is 0.167. The maximum absolute atomic E-state index is 11.9. The lowest BCUT2D eigenvalue weighted by Crippen LogP contribution is -2.24. The number of Topliss-reactive ketones (excluding diaryl/α,β-unsaturated/α-hetero) is 1. The van der Waals surface area contributed by atoms with Crippen LogP contribution in [0, 0.1) is 0 Å². The minimum absolute atomic E-state index is 0. The van der Waals surface area contributed by atoms with Crippen molar-refractivity contribution >= 4 is 38.7 Å². The molecule has 0 saturated carbocycles. The molecule has 2 aromatic rings. The molecule has 1 aromatic carbocycles. The molecule has 0 spiro atoms. The Balaban J connectivity index is 0.00000144. The smallest absolute Gasteiger partial charge is 0.243 e. The molecule has 1 heterocycles. The topological polar surface area (TPSA) is 25.9 Å². The van der Waals surface area contributed by atoms with Gasteiger partial charge in [0, 0.05) is 10.0 Å². The third-order valence-electron chi connectivity index (χ3n) is 2.32. The van der Waals surface area contributed by atoms with Gasteiger partial charge in [-0.2, -0.15) is 0 Å². The van der Waals surface area contributed by atoms with Crippen molar-refractivity contribution in [2.24, 2.45) is 7.05 Å². The summed E-state index contributed by atoms with van der Waals surface area (Å²) in [6, 6.07) is 7.41. The second-order valence-electron chi connectivity index (χ2n) is 3.68. The number of aromatic nitrogens is 2. The van der Waals surface area contributed by atoms with Crippen LogP contribution in [0.25, 0.3) is 0 Å². The Morgan fingerprint density at radius 2 is 2.00 bits per heavy atom. The number of benzene rings is 1. The zero-order valence-corrected chi connectivity index (χ0v) is 12.6. The van der Waals surface area contributed by atoms with Crippen LogP contribution in [0.4, 0.5) is 0 Å². The van der Waals surface area contributed by atoms with Gasteiger partial charge in [0.15, 0.2) is 6.54 Å². The second kappa shape index (κ2) is 6.12. The summed E-state index contributed by atoms with van der Waals surface area (Å²) in [6.45, 7) is 0.377. The molecule has 0 atom stereocenters. The van der Waals surface area contributed by atoms with Gasteiger partial charge in [-0.05, 0) is 12.1 Å². The first kappa shape index (κ1) is 14.1. The van der Waals surface area contributed by atoms with Gasteiger partial charge in [-0.1, -0.05) is 28.1 Å². The molecule has 90 valence electrons. The highest BCUT2D eigenvalue weighted by Crippen LogP contribution is 2.11. The normalized spacial score (nSPS) is 9.76. The van der Waals surface area contributed by atoms with E-state index in [1.54, 1.807) is 0 Å². The van der Waals surface area contributed by atoms with Crippen LogP contribution in [0.2, 0.25) is 0 Å². The first-order valence-corrected chi connectivity index (χ1v) is 5.74. The summed E-state index contributed by atoms with van der Waals surface area (Å²) in [5.41, 5.74) is 0.736. The molecule has 3 nitrogen and oxygen atoms in total. The molecule has 2 rings (SSSR count). The van der Waals surface area contributed by atoms with Crippen LogP contribution in [-0.2, 0) is 13.6 Å². The number of nitrogens with zero attached hydrogens (tertiary/aromatic N) is 2. The Morgan fingerprint density at radius 1 is 1.35 bits per heavy atom. The predicted molar refractivity (Wildman–Crippen MR) is 74.4 cm³/mol. The number of hydrogen-bond donors (Lipinski definition) is 0. The van der Waals surface area contributed by atoms with E-state index >= 15 is 0 Å². The zero-order valence-electron chi connectivity index (χ0n) is 9.34. The standard InChI is InChI=1S/C12H12BrN2O.BrH/c1-14-6-7-15(9-14)8-12(16)10-2-4-11(13)5-3-10;/h2-7,9H,8H2,1H3;1H/q+1;. The predicted octanol–water partition coefficient (Wildman–Crippen LogP) is 2.54. The van der Waals surface area contributed by atoms with Crippen molar-refractivity contribution in [1.29, 1.82) is 0 Å². The molecule has 0 N–H and O–H groups in total. The second-order valence-corrected chi connectivity index (χ2v) is 4.60. The lowest BCUT2D eigenvalue weighted by atomic mass is 10.1. The molecule has 17 heavy (non-hydrogen) atoms. The molecule has 0 bridgehead atoms. The minimum atomic E-state index is 0. The van der Waals surface area contributed by atoms with Crippen molar-refractivity contribution < 1.29 is 9.36 Å². The van der Waals surface area contributed by atoms with Gasteiger partial charge < -0.3 is 0 Å². The van der Waals surface area contributed by atoms with Crippen molar-refractivity contribution in [1.82, 2.24) is 4.57 Å². The number of carbonyl (C=O) groups excluding carboxylic acids is 1. The molecular weight excluding hydrogens is 348 g/mol. The third kappa shape index (κ3) is 3.78. The highest BCUT2D eigenvalue weighted by atomic mass is 79.9. The Kier molecular flexibility index (Phi) is 5.08. The highest BCUT2D eigenvalue weighted by Gasteiger charge is 2.10. The lowest BCUT2D eigenvalue weighted by molar-refractivity contribution is -0.671.